The van der Waals surface area contributed by atoms with E-state index in [9.17, 15) is 23.1 Å². The molecule has 1 N–H and O–H groups in total. The predicted octanol–water partition coefficient (Wildman–Crippen LogP) is -1.09. The quantitative estimate of drug-likeness (QED) is 0.553. The van der Waals surface area contributed by atoms with E-state index in [1.807, 2.05) is 0 Å². The third-order valence-electron chi connectivity index (χ3n) is 0.862. The van der Waals surface area contributed by atoms with E-state index in [4.69, 9.17) is 5.11 Å². The Kier molecular flexibility index (Phi) is 2.65. The normalized spacial score (nSPS) is 14.8. The van der Waals surface area contributed by atoms with Gasteiger partial charge in [0.15, 0.2) is 0 Å². The van der Waals surface area contributed by atoms with Gasteiger partial charge in [-0.05, 0) is 0 Å². The Morgan fingerprint density at radius 1 is 1.60 bits per heavy atom. The monoisotopic (exact) mass is 157 g/mol. The number of aliphatic carboxylic acids is 1. The third-order valence-corrected chi connectivity index (χ3v) is 0.862. The summed E-state index contributed by atoms with van der Waals surface area (Å²) in [7, 11) is 0. The standard InChI is InChI=1S/C4H5F3O3/c5-4(6,7)2(1-8)3(9)10/h2,8H,1H2,(H,9,10)/p-1/t2-/m1/s1. The van der Waals surface area contributed by atoms with E-state index in [0.29, 0.717) is 0 Å². The zero-order valence-corrected chi connectivity index (χ0v) is 4.68. The summed E-state index contributed by atoms with van der Waals surface area (Å²) in [6.07, 6.45) is -4.92. The highest BCUT2D eigenvalue weighted by Gasteiger charge is 2.39. The van der Waals surface area contributed by atoms with Crippen LogP contribution >= 0.6 is 0 Å². The Morgan fingerprint density at radius 3 is 2.00 bits per heavy atom. The van der Waals surface area contributed by atoms with Crippen molar-refractivity contribution in [2.75, 3.05) is 6.61 Å². The van der Waals surface area contributed by atoms with Gasteiger partial charge in [0.05, 0.1) is 12.6 Å². The van der Waals surface area contributed by atoms with Crippen LogP contribution < -0.4 is 5.11 Å². The van der Waals surface area contributed by atoms with Crippen LogP contribution in [0.15, 0.2) is 0 Å². The van der Waals surface area contributed by atoms with Gasteiger partial charge < -0.3 is 15.0 Å². The highest BCUT2D eigenvalue weighted by Crippen LogP contribution is 2.24. The second kappa shape index (κ2) is 2.87. The number of hydrogen-bond acceptors (Lipinski definition) is 3. The summed E-state index contributed by atoms with van der Waals surface area (Å²) in [5.41, 5.74) is 0. The zero-order valence-electron chi connectivity index (χ0n) is 4.68. The molecule has 0 rings (SSSR count). The van der Waals surface area contributed by atoms with Gasteiger partial charge in [-0.25, -0.2) is 0 Å². The van der Waals surface area contributed by atoms with E-state index in [-0.39, 0.29) is 0 Å². The maximum absolute atomic E-state index is 11.4. The molecule has 0 aromatic heterocycles. The maximum atomic E-state index is 11.4. The summed E-state index contributed by atoms with van der Waals surface area (Å²) in [4.78, 5) is 9.59. The summed E-state index contributed by atoms with van der Waals surface area (Å²) in [5, 5.41) is 17.5. The minimum atomic E-state index is -4.92. The first-order valence-electron chi connectivity index (χ1n) is 2.28. The van der Waals surface area contributed by atoms with E-state index in [1.54, 1.807) is 0 Å². The van der Waals surface area contributed by atoms with Crippen LogP contribution in [0.1, 0.15) is 0 Å². The fourth-order valence-electron chi connectivity index (χ4n) is 0.312. The Labute approximate surface area is 54.1 Å². The molecular weight excluding hydrogens is 153 g/mol. The summed E-state index contributed by atoms with van der Waals surface area (Å²) in [6.45, 7) is -1.48. The number of alkyl halides is 3. The molecule has 0 spiro atoms. The van der Waals surface area contributed by atoms with Crippen LogP contribution in [-0.2, 0) is 4.79 Å². The van der Waals surface area contributed by atoms with Crippen molar-refractivity contribution in [3.05, 3.63) is 0 Å². The maximum Gasteiger partial charge on any atom is 0.399 e. The lowest BCUT2D eigenvalue weighted by molar-refractivity contribution is -0.327. The number of aliphatic hydroxyl groups excluding tert-OH is 1. The molecule has 3 nitrogen and oxygen atoms in total. The van der Waals surface area contributed by atoms with Crippen molar-refractivity contribution >= 4 is 5.97 Å². The number of hydrogen-bond donors (Lipinski definition) is 1. The number of carbonyl (C=O) groups excluding carboxylic acids is 1. The van der Waals surface area contributed by atoms with Gasteiger partial charge in [-0.3, -0.25) is 0 Å². The molecule has 0 unspecified atom stereocenters. The van der Waals surface area contributed by atoms with Gasteiger partial charge in [0, 0.05) is 0 Å². The number of halogens is 3. The fraction of sp³-hybridized carbons (Fsp3) is 0.750. The molecule has 0 heterocycles. The first-order chi connectivity index (χ1) is 4.39. The Bertz CT molecular complexity index is 130. The van der Waals surface area contributed by atoms with Crippen molar-refractivity contribution in [2.45, 2.75) is 6.18 Å². The number of carboxylic acids is 1. The van der Waals surface area contributed by atoms with Gasteiger partial charge in [0.25, 0.3) is 0 Å². The number of rotatable bonds is 2. The molecule has 0 aliphatic heterocycles. The average Bonchev–Trinajstić information content (AvgIpc) is 1.60. The largest absolute Gasteiger partial charge is 0.549 e. The Balaban J connectivity index is 4.22. The van der Waals surface area contributed by atoms with Gasteiger partial charge in [-0.2, -0.15) is 13.2 Å². The Hall–Kier alpha value is -0.780. The van der Waals surface area contributed by atoms with Gasteiger partial charge in [0.2, 0.25) is 0 Å². The molecule has 0 amide bonds. The first-order valence-corrected chi connectivity index (χ1v) is 2.28. The topological polar surface area (TPSA) is 60.4 Å². The molecule has 0 aromatic rings. The van der Waals surface area contributed by atoms with E-state index >= 15 is 0 Å². The van der Waals surface area contributed by atoms with Crippen LogP contribution in [0.5, 0.6) is 0 Å². The lowest BCUT2D eigenvalue weighted by Crippen LogP contribution is -2.42. The molecular formula is C4H4F3O3-. The van der Waals surface area contributed by atoms with Crippen molar-refractivity contribution < 1.29 is 28.2 Å². The number of carbonyl (C=O) groups is 1. The van der Waals surface area contributed by atoms with Crippen LogP contribution in [0.25, 0.3) is 0 Å². The first kappa shape index (κ1) is 9.22. The molecule has 0 aromatic carbocycles. The van der Waals surface area contributed by atoms with E-state index in [1.165, 1.54) is 0 Å². The van der Waals surface area contributed by atoms with E-state index in [2.05, 4.69) is 0 Å². The van der Waals surface area contributed by atoms with E-state index < -0.39 is 24.7 Å². The van der Waals surface area contributed by atoms with E-state index in [0.717, 1.165) is 0 Å². The van der Waals surface area contributed by atoms with Gasteiger partial charge in [-0.15, -0.1) is 0 Å². The van der Waals surface area contributed by atoms with Crippen LogP contribution in [-0.4, -0.2) is 23.9 Å². The molecule has 6 heteroatoms. The van der Waals surface area contributed by atoms with Gasteiger partial charge in [-0.1, -0.05) is 0 Å². The van der Waals surface area contributed by atoms with Crippen molar-refractivity contribution in [3.8, 4) is 0 Å². The second-order valence-corrected chi connectivity index (χ2v) is 1.60. The van der Waals surface area contributed by atoms with Crippen molar-refractivity contribution in [3.63, 3.8) is 0 Å². The van der Waals surface area contributed by atoms with Crippen molar-refractivity contribution in [2.24, 2.45) is 5.92 Å². The third kappa shape index (κ3) is 2.22. The van der Waals surface area contributed by atoms with Crippen molar-refractivity contribution in [1.82, 2.24) is 0 Å². The molecule has 0 radical (unpaired) electrons. The predicted molar refractivity (Wildman–Crippen MR) is 21.6 cm³/mol. The summed E-state index contributed by atoms with van der Waals surface area (Å²) in [5.74, 6) is -5.08. The molecule has 10 heavy (non-hydrogen) atoms. The summed E-state index contributed by atoms with van der Waals surface area (Å²) in [6, 6.07) is 0. The zero-order chi connectivity index (χ0) is 8.36. The smallest absolute Gasteiger partial charge is 0.399 e. The SMILES string of the molecule is O=C([O-])[C@@H](CO)C(F)(F)F. The van der Waals surface area contributed by atoms with Crippen LogP contribution in [0.4, 0.5) is 13.2 Å². The Morgan fingerprint density at radius 2 is 2.00 bits per heavy atom. The molecule has 0 fully saturated rings. The molecule has 60 valence electrons. The molecule has 0 bridgehead atoms. The molecule has 0 saturated heterocycles. The number of carboxylic acid groups (broad SMARTS) is 1. The van der Waals surface area contributed by atoms with Crippen LogP contribution in [0, 0.1) is 5.92 Å². The minimum Gasteiger partial charge on any atom is -0.549 e. The lowest BCUT2D eigenvalue weighted by Gasteiger charge is -2.17. The molecule has 0 aliphatic rings. The lowest BCUT2D eigenvalue weighted by atomic mass is 10.1. The number of aliphatic hydroxyl groups is 1. The highest BCUT2D eigenvalue weighted by atomic mass is 19.4. The summed E-state index contributed by atoms with van der Waals surface area (Å²) < 4.78 is 34.2. The van der Waals surface area contributed by atoms with Crippen molar-refractivity contribution in [1.29, 1.82) is 0 Å². The average molecular weight is 157 g/mol. The van der Waals surface area contributed by atoms with Crippen LogP contribution in [0.3, 0.4) is 0 Å². The van der Waals surface area contributed by atoms with Gasteiger partial charge >= 0.3 is 6.18 Å². The minimum absolute atomic E-state index is 1.48. The molecule has 0 saturated carbocycles. The molecule has 0 aliphatic carbocycles. The highest BCUT2D eigenvalue weighted by molar-refractivity contribution is 5.68. The van der Waals surface area contributed by atoms with Crippen LogP contribution in [0.2, 0.25) is 0 Å². The van der Waals surface area contributed by atoms with Gasteiger partial charge in [0.1, 0.15) is 5.92 Å². The molecule has 1 atom stereocenters. The second-order valence-electron chi connectivity index (χ2n) is 1.60. The fourth-order valence-corrected chi connectivity index (χ4v) is 0.312. The summed E-state index contributed by atoms with van der Waals surface area (Å²) >= 11 is 0.